The van der Waals surface area contributed by atoms with Gasteiger partial charge in [-0.25, -0.2) is 0 Å². The molecular weight excluding hydrogens is 232 g/mol. The Morgan fingerprint density at radius 2 is 2.17 bits per heavy atom. The van der Waals surface area contributed by atoms with Crippen molar-refractivity contribution in [2.75, 3.05) is 26.0 Å². The fourth-order valence-corrected chi connectivity index (χ4v) is 1.40. The average Bonchev–Trinajstić information content (AvgIpc) is 2.37. The number of anilines is 1. The molecule has 1 aromatic carbocycles. The van der Waals surface area contributed by atoms with Crippen LogP contribution in [0.4, 0.5) is 5.69 Å². The molecule has 0 unspecified atom stereocenters. The number of carbonyl (C=O) groups is 1. The number of hydrogen-bond donors (Lipinski definition) is 2. The van der Waals surface area contributed by atoms with E-state index in [-0.39, 0.29) is 12.5 Å². The van der Waals surface area contributed by atoms with Gasteiger partial charge in [-0.1, -0.05) is 13.3 Å². The maximum Gasteiger partial charge on any atom is 0.257 e. The molecule has 1 aromatic rings. The van der Waals surface area contributed by atoms with E-state index < -0.39 is 0 Å². The SMILES string of the molecule is CCCCNC(=O)COc1ccc(N)cc1OC. The van der Waals surface area contributed by atoms with E-state index in [1.807, 2.05) is 0 Å². The zero-order valence-electron chi connectivity index (χ0n) is 10.9. The molecule has 100 valence electrons. The van der Waals surface area contributed by atoms with Gasteiger partial charge in [0.1, 0.15) is 0 Å². The fourth-order valence-electron chi connectivity index (χ4n) is 1.40. The zero-order valence-corrected chi connectivity index (χ0v) is 10.9. The largest absolute Gasteiger partial charge is 0.493 e. The number of nitrogen functional groups attached to an aromatic ring is 1. The van der Waals surface area contributed by atoms with Crippen LogP contribution in [0.15, 0.2) is 18.2 Å². The van der Waals surface area contributed by atoms with Gasteiger partial charge < -0.3 is 20.5 Å². The van der Waals surface area contributed by atoms with Crippen LogP contribution in [-0.4, -0.2) is 26.2 Å². The van der Waals surface area contributed by atoms with Crippen molar-refractivity contribution < 1.29 is 14.3 Å². The summed E-state index contributed by atoms with van der Waals surface area (Å²) >= 11 is 0. The lowest BCUT2D eigenvalue weighted by Crippen LogP contribution is -2.29. The summed E-state index contributed by atoms with van der Waals surface area (Å²) in [6.07, 6.45) is 2.02. The fraction of sp³-hybridized carbons (Fsp3) is 0.462. The number of ether oxygens (including phenoxy) is 2. The highest BCUT2D eigenvalue weighted by Gasteiger charge is 2.07. The van der Waals surface area contributed by atoms with Crippen molar-refractivity contribution >= 4 is 11.6 Å². The van der Waals surface area contributed by atoms with E-state index in [0.29, 0.717) is 23.7 Å². The normalized spacial score (nSPS) is 9.89. The standard InChI is InChI=1S/C13H20N2O3/c1-3-4-7-15-13(16)9-18-11-6-5-10(14)8-12(11)17-2/h5-6,8H,3-4,7,9,14H2,1-2H3,(H,15,16). The van der Waals surface area contributed by atoms with Crippen molar-refractivity contribution in [3.05, 3.63) is 18.2 Å². The maximum atomic E-state index is 11.5. The molecule has 1 amide bonds. The van der Waals surface area contributed by atoms with E-state index in [1.165, 1.54) is 7.11 Å². The third-order valence-corrected chi connectivity index (χ3v) is 2.40. The van der Waals surface area contributed by atoms with Crippen LogP contribution in [0.2, 0.25) is 0 Å². The van der Waals surface area contributed by atoms with Crippen molar-refractivity contribution in [3.63, 3.8) is 0 Å². The smallest absolute Gasteiger partial charge is 0.257 e. The van der Waals surface area contributed by atoms with Gasteiger partial charge in [0.15, 0.2) is 18.1 Å². The Labute approximate surface area is 107 Å². The van der Waals surface area contributed by atoms with Crippen LogP contribution in [0.5, 0.6) is 11.5 Å². The van der Waals surface area contributed by atoms with Crippen LogP contribution in [0.3, 0.4) is 0 Å². The zero-order chi connectivity index (χ0) is 13.4. The molecule has 0 saturated carbocycles. The van der Waals surface area contributed by atoms with Gasteiger partial charge >= 0.3 is 0 Å². The van der Waals surface area contributed by atoms with Gasteiger partial charge in [0, 0.05) is 18.3 Å². The second-order valence-electron chi connectivity index (χ2n) is 3.90. The molecule has 5 heteroatoms. The molecule has 0 fully saturated rings. The molecule has 5 nitrogen and oxygen atoms in total. The number of unbranched alkanes of at least 4 members (excludes halogenated alkanes) is 1. The molecule has 0 aliphatic rings. The molecule has 0 saturated heterocycles. The van der Waals surface area contributed by atoms with Crippen LogP contribution in [0, 0.1) is 0 Å². The van der Waals surface area contributed by atoms with E-state index in [0.717, 1.165) is 12.8 Å². The molecular formula is C13H20N2O3. The van der Waals surface area contributed by atoms with Gasteiger partial charge in [0.25, 0.3) is 5.91 Å². The van der Waals surface area contributed by atoms with Gasteiger partial charge in [-0.2, -0.15) is 0 Å². The quantitative estimate of drug-likeness (QED) is 0.570. The van der Waals surface area contributed by atoms with Gasteiger partial charge in [-0.15, -0.1) is 0 Å². The average molecular weight is 252 g/mol. The summed E-state index contributed by atoms with van der Waals surface area (Å²) in [6.45, 7) is 2.73. The predicted molar refractivity (Wildman–Crippen MR) is 70.8 cm³/mol. The molecule has 1 rings (SSSR count). The van der Waals surface area contributed by atoms with Crippen LogP contribution < -0.4 is 20.5 Å². The van der Waals surface area contributed by atoms with E-state index >= 15 is 0 Å². The molecule has 3 N–H and O–H groups in total. The van der Waals surface area contributed by atoms with E-state index in [4.69, 9.17) is 15.2 Å². The monoisotopic (exact) mass is 252 g/mol. The molecule has 0 heterocycles. The molecule has 0 aliphatic carbocycles. The van der Waals surface area contributed by atoms with Gasteiger partial charge in [-0.3, -0.25) is 4.79 Å². The minimum atomic E-state index is -0.137. The lowest BCUT2D eigenvalue weighted by Gasteiger charge is -2.11. The molecule has 0 atom stereocenters. The van der Waals surface area contributed by atoms with Crippen molar-refractivity contribution in [2.24, 2.45) is 0 Å². The lowest BCUT2D eigenvalue weighted by molar-refractivity contribution is -0.123. The molecule has 0 bridgehead atoms. The van der Waals surface area contributed by atoms with Gasteiger partial charge in [-0.05, 0) is 18.6 Å². The second-order valence-corrected chi connectivity index (χ2v) is 3.90. The van der Waals surface area contributed by atoms with E-state index in [2.05, 4.69) is 12.2 Å². The highest BCUT2D eigenvalue weighted by molar-refractivity contribution is 5.77. The molecule has 0 aromatic heterocycles. The minimum Gasteiger partial charge on any atom is -0.493 e. The third kappa shape index (κ3) is 4.53. The summed E-state index contributed by atoms with van der Waals surface area (Å²) in [6, 6.07) is 5.05. The van der Waals surface area contributed by atoms with Crippen molar-refractivity contribution in [1.82, 2.24) is 5.32 Å². The van der Waals surface area contributed by atoms with Crippen LogP contribution in [0.25, 0.3) is 0 Å². The lowest BCUT2D eigenvalue weighted by atomic mass is 10.3. The summed E-state index contributed by atoms with van der Waals surface area (Å²) in [7, 11) is 1.53. The van der Waals surface area contributed by atoms with Crippen molar-refractivity contribution in [2.45, 2.75) is 19.8 Å². The number of carbonyl (C=O) groups excluding carboxylic acids is 1. The summed E-state index contributed by atoms with van der Waals surface area (Å²) in [5, 5.41) is 2.77. The highest BCUT2D eigenvalue weighted by atomic mass is 16.5. The number of rotatable bonds is 7. The van der Waals surface area contributed by atoms with Crippen LogP contribution in [-0.2, 0) is 4.79 Å². The first kappa shape index (κ1) is 14.2. The first-order chi connectivity index (χ1) is 8.67. The van der Waals surface area contributed by atoms with Gasteiger partial charge in [0.2, 0.25) is 0 Å². The Morgan fingerprint density at radius 1 is 1.39 bits per heavy atom. The number of amides is 1. The summed E-state index contributed by atoms with van der Waals surface area (Å²) in [5.41, 5.74) is 6.21. The number of benzene rings is 1. The summed E-state index contributed by atoms with van der Waals surface area (Å²) in [4.78, 5) is 11.5. The first-order valence-electron chi connectivity index (χ1n) is 6.00. The minimum absolute atomic E-state index is 0.0238. The highest BCUT2D eigenvalue weighted by Crippen LogP contribution is 2.28. The number of methoxy groups -OCH3 is 1. The first-order valence-corrected chi connectivity index (χ1v) is 6.00. The predicted octanol–water partition coefficient (Wildman–Crippen LogP) is 1.57. The Kier molecular flexibility index (Phi) is 5.84. The summed E-state index contributed by atoms with van der Waals surface area (Å²) in [5.74, 6) is 0.899. The van der Waals surface area contributed by atoms with E-state index in [9.17, 15) is 4.79 Å². The topological polar surface area (TPSA) is 73.6 Å². The van der Waals surface area contributed by atoms with E-state index in [1.54, 1.807) is 18.2 Å². The number of hydrogen-bond acceptors (Lipinski definition) is 4. The molecule has 18 heavy (non-hydrogen) atoms. The second kappa shape index (κ2) is 7.42. The Bertz CT molecular complexity index is 394. The Hall–Kier alpha value is -1.91. The van der Waals surface area contributed by atoms with Crippen molar-refractivity contribution in [3.8, 4) is 11.5 Å². The molecule has 0 spiro atoms. The summed E-state index contributed by atoms with van der Waals surface area (Å²) < 4.78 is 10.5. The third-order valence-electron chi connectivity index (χ3n) is 2.40. The van der Waals surface area contributed by atoms with Crippen LogP contribution in [0.1, 0.15) is 19.8 Å². The van der Waals surface area contributed by atoms with Crippen LogP contribution >= 0.6 is 0 Å². The number of nitrogens with two attached hydrogens (primary N) is 1. The van der Waals surface area contributed by atoms with Gasteiger partial charge in [0.05, 0.1) is 7.11 Å². The number of nitrogens with one attached hydrogen (secondary N) is 1. The Balaban J connectivity index is 2.45. The Morgan fingerprint density at radius 3 is 2.83 bits per heavy atom. The molecule has 0 aliphatic heterocycles. The van der Waals surface area contributed by atoms with Crippen molar-refractivity contribution in [1.29, 1.82) is 0 Å². The molecule has 0 radical (unpaired) electrons. The maximum absolute atomic E-state index is 11.5.